The largest absolute Gasteiger partial charge is 0.413 e. The highest BCUT2D eigenvalue weighted by Gasteiger charge is 2.43. The maximum Gasteiger partial charge on any atom is 0.413 e. The van der Waals surface area contributed by atoms with Gasteiger partial charge < -0.3 is 10.2 Å². The highest BCUT2D eigenvalue weighted by Crippen LogP contribution is 2.33. The number of carbonyl (C=O) groups excluding carboxylic acids is 4. The predicted molar refractivity (Wildman–Crippen MR) is 102 cm³/mol. The molecule has 9 nitrogen and oxygen atoms in total. The van der Waals surface area contributed by atoms with Crippen molar-refractivity contribution in [3.63, 3.8) is 0 Å². The van der Waals surface area contributed by atoms with Gasteiger partial charge in [0.25, 0.3) is 11.8 Å². The molecule has 3 heterocycles. The van der Waals surface area contributed by atoms with Crippen molar-refractivity contribution in [3.05, 3.63) is 52.8 Å². The Morgan fingerprint density at radius 3 is 2.66 bits per heavy atom. The third-order valence-electron chi connectivity index (χ3n) is 5.45. The summed E-state index contributed by atoms with van der Waals surface area (Å²) < 4.78 is 41.8. The van der Waals surface area contributed by atoms with Crippen molar-refractivity contribution in [3.8, 4) is 0 Å². The molecule has 1 aromatic heterocycles. The maximum atomic E-state index is 13.5. The first-order valence-electron chi connectivity index (χ1n) is 9.68. The van der Waals surface area contributed by atoms with Gasteiger partial charge in [-0.1, -0.05) is 0 Å². The van der Waals surface area contributed by atoms with E-state index in [0.717, 1.165) is 12.4 Å². The molecular weight excluding hydrogens is 431 g/mol. The van der Waals surface area contributed by atoms with E-state index in [1.165, 1.54) is 34.8 Å². The number of amides is 4. The molecule has 12 heteroatoms. The van der Waals surface area contributed by atoms with Crippen LogP contribution in [-0.2, 0) is 23.2 Å². The minimum atomic E-state index is -4.74. The number of hydrogen-bond acceptors (Lipinski definition) is 5. The molecule has 2 aromatic rings. The number of nitrogens with zero attached hydrogens (tertiary/aromatic N) is 3. The molecule has 2 aliphatic heterocycles. The number of halogens is 3. The summed E-state index contributed by atoms with van der Waals surface area (Å²) >= 11 is 0. The third kappa shape index (κ3) is 3.95. The van der Waals surface area contributed by atoms with E-state index in [2.05, 4.69) is 10.4 Å². The summed E-state index contributed by atoms with van der Waals surface area (Å²) in [6.07, 6.45) is -2.28. The number of alkyl halides is 3. The molecule has 1 aromatic carbocycles. The summed E-state index contributed by atoms with van der Waals surface area (Å²) in [4.78, 5) is 50.1. The van der Waals surface area contributed by atoms with Gasteiger partial charge in [0.15, 0.2) is 6.04 Å². The zero-order valence-corrected chi connectivity index (χ0v) is 16.8. The second kappa shape index (κ2) is 7.77. The van der Waals surface area contributed by atoms with E-state index in [1.807, 2.05) is 5.32 Å². The Labute approximate surface area is 179 Å². The van der Waals surface area contributed by atoms with Crippen molar-refractivity contribution in [1.82, 2.24) is 25.3 Å². The fourth-order valence-electron chi connectivity index (χ4n) is 3.87. The molecule has 1 saturated heterocycles. The van der Waals surface area contributed by atoms with Gasteiger partial charge in [-0.05, 0) is 30.2 Å². The number of aryl methyl sites for hydroxylation is 1. The molecule has 0 aliphatic carbocycles. The SMILES string of the molecule is Cn1cc([C@@H](NC(=O)c2ccc3c(c2)CN(C2CCC(=O)NC2=O)C3=O)C(F)(F)F)cn1. The fraction of sp³-hybridized carbons (Fsp3) is 0.350. The van der Waals surface area contributed by atoms with E-state index < -0.39 is 41.9 Å². The summed E-state index contributed by atoms with van der Waals surface area (Å²) in [6, 6.07) is 0.871. The zero-order chi connectivity index (χ0) is 23.2. The first-order chi connectivity index (χ1) is 15.0. The topological polar surface area (TPSA) is 113 Å². The summed E-state index contributed by atoms with van der Waals surface area (Å²) in [5.41, 5.74) is 0.400. The lowest BCUT2D eigenvalue weighted by atomic mass is 10.0. The van der Waals surface area contributed by atoms with Crippen LogP contribution in [0.3, 0.4) is 0 Å². The molecule has 32 heavy (non-hydrogen) atoms. The van der Waals surface area contributed by atoms with E-state index in [-0.39, 0.29) is 36.1 Å². The standard InChI is InChI=1S/C20H18F3N5O4/c1-27-8-12(7-24-27)16(20(21,22)23)26-17(30)10-2-3-13-11(6-10)9-28(19(13)32)14-4-5-15(29)25-18(14)31/h2-3,6-8,14,16H,4-5,9H2,1H3,(H,26,30)(H,25,29,31)/t14?,16-/m1/s1. The number of nitrogens with one attached hydrogen (secondary N) is 2. The van der Waals surface area contributed by atoms with Gasteiger partial charge in [0.2, 0.25) is 11.8 Å². The molecule has 168 valence electrons. The molecule has 1 fully saturated rings. The first kappa shape index (κ1) is 21.5. The van der Waals surface area contributed by atoms with Crippen LogP contribution in [0.15, 0.2) is 30.6 Å². The number of carbonyl (C=O) groups is 4. The monoisotopic (exact) mass is 449 g/mol. The molecule has 0 saturated carbocycles. The normalized spacial score (nSPS) is 19.6. The molecule has 2 aliphatic rings. The second-order valence-electron chi connectivity index (χ2n) is 7.67. The van der Waals surface area contributed by atoms with Crippen molar-refractivity contribution in [2.75, 3.05) is 0 Å². The lowest BCUT2D eigenvalue weighted by Gasteiger charge is -2.29. The Balaban J connectivity index is 1.54. The number of imide groups is 1. The Kier molecular flexibility index (Phi) is 5.23. The number of rotatable bonds is 4. The lowest BCUT2D eigenvalue weighted by molar-refractivity contribution is -0.155. The predicted octanol–water partition coefficient (Wildman–Crippen LogP) is 1.21. The molecule has 0 radical (unpaired) electrons. The van der Waals surface area contributed by atoms with Crippen LogP contribution < -0.4 is 10.6 Å². The summed E-state index contributed by atoms with van der Waals surface area (Å²) in [5.74, 6) is -2.40. The molecular formula is C20H18F3N5O4. The van der Waals surface area contributed by atoms with E-state index in [9.17, 15) is 32.3 Å². The van der Waals surface area contributed by atoms with Crippen LogP contribution in [0.4, 0.5) is 13.2 Å². The van der Waals surface area contributed by atoms with Gasteiger partial charge in [0.05, 0.1) is 6.20 Å². The van der Waals surface area contributed by atoms with Crippen LogP contribution in [0.2, 0.25) is 0 Å². The molecule has 2 atom stereocenters. The Morgan fingerprint density at radius 1 is 1.28 bits per heavy atom. The third-order valence-corrected chi connectivity index (χ3v) is 5.45. The molecule has 4 rings (SSSR count). The Morgan fingerprint density at radius 2 is 2.03 bits per heavy atom. The molecule has 0 spiro atoms. The fourth-order valence-corrected chi connectivity index (χ4v) is 3.87. The van der Waals surface area contributed by atoms with Crippen LogP contribution >= 0.6 is 0 Å². The van der Waals surface area contributed by atoms with Crippen molar-refractivity contribution in [2.45, 2.75) is 37.6 Å². The number of fused-ring (bicyclic) bond motifs is 1. The van der Waals surface area contributed by atoms with Gasteiger partial charge >= 0.3 is 6.18 Å². The van der Waals surface area contributed by atoms with Gasteiger partial charge in [0, 0.05) is 42.9 Å². The number of aromatic nitrogens is 2. The molecule has 1 unspecified atom stereocenters. The minimum absolute atomic E-state index is 0.00681. The highest BCUT2D eigenvalue weighted by atomic mass is 19.4. The van der Waals surface area contributed by atoms with Gasteiger partial charge in [-0.15, -0.1) is 0 Å². The molecule has 4 amide bonds. The smallest absolute Gasteiger partial charge is 0.337 e. The van der Waals surface area contributed by atoms with E-state index in [1.54, 1.807) is 0 Å². The second-order valence-corrected chi connectivity index (χ2v) is 7.67. The number of piperidine rings is 1. The Bertz CT molecular complexity index is 1130. The summed E-state index contributed by atoms with van der Waals surface area (Å²) in [6.45, 7) is 0.00681. The number of hydrogen-bond donors (Lipinski definition) is 2. The van der Waals surface area contributed by atoms with Gasteiger partial charge in [0.1, 0.15) is 6.04 Å². The van der Waals surface area contributed by atoms with Crippen LogP contribution in [0.1, 0.15) is 50.7 Å². The lowest BCUT2D eigenvalue weighted by Crippen LogP contribution is -2.52. The van der Waals surface area contributed by atoms with Gasteiger partial charge in [-0.2, -0.15) is 18.3 Å². The number of benzene rings is 1. The van der Waals surface area contributed by atoms with Crippen LogP contribution in [0, 0.1) is 0 Å². The average Bonchev–Trinajstić information content (AvgIpc) is 3.28. The highest BCUT2D eigenvalue weighted by molar-refractivity contribution is 6.06. The van der Waals surface area contributed by atoms with Crippen molar-refractivity contribution < 1.29 is 32.3 Å². The molecule has 2 N–H and O–H groups in total. The quantitative estimate of drug-likeness (QED) is 0.682. The van der Waals surface area contributed by atoms with Crippen molar-refractivity contribution in [2.24, 2.45) is 7.05 Å². The van der Waals surface area contributed by atoms with Gasteiger partial charge in [-0.3, -0.25) is 29.2 Å². The van der Waals surface area contributed by atoms with Crippen molar-refractivity contribution in [1.29, 1.82) is 0 Å². The van der Waals surface area contributed by atoms with Gasteiger partial charge in [-0.25, -0.2) is 0 Å². The Hall–Kier alpha value is -3.70. The molecule has 0 bridgehead atoms. The summed E-state index contributed by atoms with van der Waals surface area (Å²) in [7, 11) is 1.46. The average molecular weight is 449 g/mol. The van der Waals surface area contributed by atoms with Crippen LogP contribution in [-0.4, -0.2) is 50.5 Å². The van der Waals surface area contributed by atoms with Crippen LogP contribution in [0.5, 0.6) is 0 Å². The van der Waals surface area contributed by atoms with Crippen LogP contribution in [0.25, 0.3) is 0 Å². The van der Waals surface area contributed by atoms with Crippen molar-refractivity contribution >= 4 is 23.6 Å². The first-order valence-corrected chi connectivity index (χ1v) is 9.68. The summed E-state index contributed by atoms with van der Waals surface area (Å²) in [5, 5.41) is 7.88. The van der Waals surface area contributed by atoms with E-state index in [4.69, 9.17) is 0 Å². The van der Waals surface area contributed by atoms with E-state index in [0.29, 0.717) is 5.56 Å². The zero-order valence-electron chi connectivity index (χ0n) is 16.8. The maximum absolute atomic E-state index is 13.5. The minimum Gasteiger partial charge on any atom is -0.337 e. The van der Waals surface area contributed by atoms with E-state index >= 15 is 0 Å².